The van der Waals surface area contributed by atoms with Gasteiger partial charge in [0.2, 0.25) is 0 Å². The number of rotatable bonds is 2. The Kier molecular flexibility index (Phi) is 2.95. The second-order valence-electron chi connectivity index (χ2n) is 5.01. The summed E-state index contributed by atoms with van der Waals surface area (Å²) in [5, 5.41) is 1.51. The van der Waals surface area contributed by atoms with Gasteiger partial charge in [-0.1, -0.05) is 37.1 Å². The molecule has 1 nitrogen and oxygen atoms in total. The molecule has 2 aliphatic carbocycles. The number of benzene rings is 1. The van der Waals surface area contributed by atoms with Crippen molar-refractivity contribution in [2.45, 2.75) is 48.6 Å². The van der Waals surface area contributed by atoms with E-state index >= 15 is 0 Å². The summed E-state index contributed by atoms with van der Waals surface area (Å²) in [4.78, 5) is 0. The monoisotopic (exact) mass is 233 g/mol. The Hall–Kier alpha value is -0.470. The molecule has 0 amide bonds. The lowest BCUT2D eigenvalue weighted by Gasteiger charge is -2.19. The third kappa shape index (κ3) is 1.89. The van der Waals surface area contributed by atoms with Crippen molar-refractivity contribution in [2.75, 3.05) is 0 Å². The predicted molar refractivity (Wildman–Crippen MR) is 70.7 cm³/mol. The molecule has 16 heavy (non-hydrogen) atoms. The van der Waals surface area contributed by atoms with Gasteiger partial charge in [-0.05, 0) is 30.4 Å². The Bertz CT molecular complexity index is 371. The van der Waals surface area contributed by atoms with E-state index in [-0.39, 0.29) is 6.04 Å². The molecule has 0 saturated heterocycles. The van der Waals surface area contributed by atoms with Gasteiger partial charge in [0.25, 0.3) is 0 Å². The molecular formula is C14H19NS. The van der Waals surface area contributed by atoms with E-state index in [0.29, 0.717) is 5.25 Å². The molecule has 2 N–H and O–H groups in total. The highest BCUT2D eigenvalue weighted by Gasteiger charge is 2.32. The molecule has 86 valence electrons. The average molecular weight is 233 g/mol. The fraction of sp³-hybridized carbons (Fsp3) is 0.571. The highest BCUT2D eigenvalue weighted by atomic mass is 32.2. The maximum Gasteiger partial charge on any atom is 0.0421 e. The van der Waals surface area contributed by atoms with Gasteiger partial charge in [-0.15, -0.1) is 0 Å². The molecular weight excluding hydrogens is 214 g/mol. The molecule has 0 heterocycles. The first-order valence-corrected chi connectivity index (χ1v) is 7.28. The van der Waals surface area contributed by atoms with E-state index in [1.165, 1.54) is 43.2 Å². The van der Waals surface area contributed by atoms with Gasteiger partial charge in [-0.3, -0.25) is 0 Å². The van der Waals surface area contributed by atoms with Gasteiger partial charge in [0.15, 0.2) is 0 Å². The number of hydrogen-bond acceptors (Lipinski definition) is 2. The van der Waals surface area contributed by atoms with E-state index in [0.717, 1.165) is 5.25 Å². The maximum atomic E-state index is 6.35. The minimum absolute atomic E-state index is 0.266. The summed E-state index contributed by atoms with van der Waals surface area (Å²) in [5.41, 5.74) is 9.21. The summed E-state index contributed by atoms with van der Waals surface area (Å²) in [7, 11) is 0. The highest BCUT2D eigenvalue weighted by molar-refractivity contribution is 8.00. The Morgan fingerprint density at radius 1 is 1.12 bits per heavy atom. The van der Waals surface area contributed by atoms with Crippen LogP contribution in [0.2, 0.25) is 0 Å². The van der Waals surface area contributed by atoms with E-state index in [4.69, 9.17) is 5.73 Å². The van der Waals surface area contributed by atoms with Crippen LogP contribution in [0.4, 0.5) is 0 Å². The lowest BCUT2D eigenvalue weighted by Crippen LogP contribution is -2.21. The van der Waals surface area contributed by atoms with Gasteiger partial charge in [-0.25, -0.2) is 0 Å². The van der Waals surface area contributed by atoms with Crippen LogP contribution in [0.25, 0.3) is 0 Å². The number of nitrogens with two attached hydrogens (primary N) is 1. The largest absolute Gasteiger partial charge is 0.323 e. The second-order valence-corrected chi connectivity index (χ2v) is 6.55. The van der Waals surface area contributed by atoms with Gasteiger partial charge < -0.3 is 5.73 Å². The maximum absolute atomic E-state index is 6.35. The van der Waals surface area contributed by atoms with E-state index in [1.807, 2.05) is 0 Å². The molecule has 2 unspecified atom stereocenters. The third-order valence-corrected chi connectivity index (χ3v) is 5.57. The molecule has 0 radical (unpaired) electrons. The first-order chi connectivity index (χ1) is 7.84. The van der Waals surface area contributed by atoms with Crippen LogP contribution in [0.15, 0.2) is 24.3 Å². The van der Waals surface area contributed by atoms with E-state index in [1.54, 1.807) is 0 Å². The zero-order valence-electron chi connectivity index (χ0n) is 9.56. The van der Waals surface area contributed by atoms with Crippen molar-refractivity contribution < 1.29 is 0 Å². The van der Waals surface area contributed by atoms with Crippen LogP contribution in [-0.4, -0.2) is 10.5 Å². The number of fused-ring (bicyclic) bond motifs is 1. The minimum Gasteiger partial charge on any atom is -0.323 e. The molecule has 2 atom stereocenters. The molecule has 2 heteroatoms. The lowest BCUT2D eigenvalue weighted by atomic mass is 10.1. The summed E-state index contributed by atoms with van der Waals surface area (Å²) in [6.07, 6.45) is 6.84. The van der Waals surface area contributed by atoms with Crippen LogP contribution < -0.4 is 5.73 Å². The smallest absolute Gasteiger partial charge is 0.0421 e. The minimum atomic E-state index is 0.266. The van der Waals surface area contributed by atoms with Crippen molar-refractivity contribution in [2.24, 2.45) is 5.73 Å². The Labute approximate surface area is 102 Å². The van der Waals surface area contributed by atoms with Gasteiger partial charge >= 0.3 is 0 Å². The SMILES string of the molecule is NC1c2ccccc2CC1SC1CCCC1. The summed E-state index contributed by atoms with van der Waals surface area (Å²) in [6.45, 7) is 0. The molecule has 1 aromatic carbocycles. The molecule has 1 saturated carbocycles. The van der Waals surface area contributed by atoms with Crippen LogP contribution >= 0.6 is 11.8 Å². The van der Waals surface area contributed by atoms with Crippen molar-refractivity contribution in [3.8, 4) is 0 Å². The van der Waals surface area contributed by atoms with Crippen LogP contribution in [0.3, 0.4) is 0 Å². The average Bonchev–Trinajstić information content (AvgIpc) is 2.90. The molecule has 0 bridgehead atoms. The fourth-order valence-corrected chi connectivity index (χ4v) is 4.69. The van der Waals surface area contributed by atoms with Gasteiger partial charge in [0.1, 0.15) is 0 Å². The Morgan fingerprint density at radius 2 is 1.88 bits per heavy atom. The van der Waals surface area contributed by atoms with Gasteiger partial charge in [-0.2, -0.15) is 11.8 Å². The Balaban J connectivity index is 1.71. The summed E-state index contributed by atoms with van der Waals surface area (Å²) in [5.74, 6) is 0. The molecule has 0 spiro atoms. The van der Waals surface area contributed by atoms with Crippen molar-refractivity contribution in [1.29, 1.82) is 0 Å². The number of hydrogen-bond donors (Lipinski definition) is 1. The molecule has 0 aromatic heterocycles. The summed E-state index contributed by atoms with van der Waals surface area (Å²) >= 11 is 2.15. The first kappa shape index (κ1) is 10.7. The van der Waals surface area contributed by atoms with Crippen molar-refractivity contribution in [3.05, 3.63) is 35.4 Å². The topological polar surface area (TPSA) is 26.0 Å². The molecule has 0 aliphatic heterocycles. The van der Waals surface area contributed by atoms with Crippen molar-refractivity contribution >= 4 is 11.8 Å². The molecule has 2 aliphatic rings. The second kappa shape index (κ2) is 4.42. The first-order valence-electron chi connectivity index (χ1n) is 6.33. The van der Waals surface area contributed by atoms with Crippen molar-refractivity contribution in [3.63, 3.8) is 0 Å². The zero-order chi connectivity index (χ0) is 11.0. The van der Waals surface area contributed by atoms with E-state index in [2.05, 4.69) is 36.0 Å². The van der Waals surface area contributed by atoms with Crippen LogP contribution in [0.1, 0.15) is 42.9 Å². The quantitative estimate of drug-likeness (QED) is 0.848. The fourth-order valence-electron chi connectivity index (χ4n) is 2.99. The van der Waals surface area contributed by atoms with E-state index in [9.17, 15) is 0 Å². The van der Waals surface area contributed by atoms with Gasteiger partial charge in [0, 0.05) is 16.5 Å². The van der Waals surface area contributed by atoms with Gasteiger partial charge in [0.05, 0.1) is 0 Å². The number of thioether (sulfide) groups is 1. The predicted octanol–water partition coefficient (Wildman–Crippen LogP) is 3.29. The lowest BCUT2D eigenvalue weighted by molar-refractivity contribution is 0.723. The third-order valence-electron chi connectivity index (χ3n) is 3.91. The van der Waals surface area contributed by atoms with E-state index < -0.39 is 0 Å². The molecule has 1 fully saturated rings. The summed E-state index contributed by atoms with van der Waals surface area (Å²) in [6, 6.07) is 8.96. The standard InChI is InChI=1S/C14H19NS/c15-14-12-8-4-1-5-10(12)9-13(14)16-11-6-2-3-7-11/h1,4-5,8,11,13-14H,2-3,6-7,9,15H2. The highest BCUT2D eigenvalue weighted by Crippen LogP contribution is 2.42. The normalized spacial score (nSPS) is 29.6. The Morgan fingerprint density at radius 3 is 2.62 bits per heavy atom. The van der Waals surface area contributed by atoms with Crippen molar-refractivity contribution in [1.82, 2.24) is 0 Å². The summed E-state index contributed by atoms with van der Waals surface area (Å²) < 4.78 is 0. The van der Waals surface area contributed by atoms with Crippen LogP contribution in [0, 0.1) is 0 Å². The van der Waals surface area contributed by atoms with Crippen LogP contribution in [0.5, 0.6) is 0 Å². The zero-order valence-corrected chi connectivity index (χ0v) is 10.4. The van der Waals surface area contributed by atoms with Crippen LogP contribution in [-0.2, 0) is 6.42 Å². The molecule has 3 rings (SSSR count). The molecule has 1 aromatic rings.